The molecule has 158 valence electrons. The number of aromatic nitrogens is 2. The smallest absolute Gasteiger partial charge is 0.242 e. The summed E-state index contributed by atoms with van der Waals surface area (Å²) in [5.41, 5.74) is 8.10. The summed E-state index contributed by atoms with van der Waals surface area (Å²) in [4.78, 5) is 32.7. The molecule has 1 saturated heterocycles. The molecule has 29 heavy (non-hydrogen) atoms. The molecule has 2 N–H and O–H groups in total. The normalized spacial score (nSPS) is 17.3. The lowest BCUT2D eigenvalue weighted by Gasteiger charge is -2.35. The number of hydrogen-bond donors (Lipinski definition) is 1. The van der Waals surface area contributed by atoms with Crippen molar-refractivity contribution in [1.29, 1.82) is 0 Å². The van der Waals surface area contributed by atoms with Crippen molar-refractivity contribution in [2.45, 2.75) is 37.9 Å². The van der Waals surface area contributed by atoms with Crippen LogP contribution in [0, 0.1) is 0 Å². The van der Waals surface area contributed by atoms with Crippen molar-refractivity contribution in [3.63, 3.8) is 0 Å². The molecular formula is C20H27Cl2N5O2. The van der Waals surface area contributed by atoms with Crippen molar-refractivity contribution < 1.29 is 9.59 Å². The van der Waals surface area contributed by atoms with Gasteiger partial charge in [0.25, 0.3) is 0 Å². The maximum atomic E-state index is 12.6. The lowest BCUT2D eigenvalue weighted by atomic mass is 10.1. The number of nitrogens with two attached hydrogens (primary N) is 1. The molecule has 2 fully saturated rings. The van der Waals surface area contributed by atoms with Gasteiger partial charge in [-0.3, -0.25) is 9.59 Å². The molecule has 0 unspecified atom stereocenters. The van der Waals surface area contributed by atoms with Gasteiger partial charge < -0.3 is 20.1 Å². The topological polar surface area (TPSA) is 84.5 Å². The van der Waals surface area contributed by atoms with Crippen LogP contribution in [0.5, 0.6) is 0 Å². The minimum atomic E-state index is -0.676. The van der Waals surface area contributed by atoms with Crippen molar-refractivity contribution in [2.24, 2.45) is 5.73 Å². The van der Waals surface area contributed by atoms with E-state index < -0.39 is 6.04 Å². The molecular weight excluding hydrogens is 413 g/mol. The molecule has 1 aliphatic heterocycles. The second-order valence-electron chi connectivity index (χ2n) is 7.41. The molecule has 0 spiro atoms. The van der Waals surface area contributed by atoms with Gasteiger partial charge in [0.1, 0.15) is 0 Å². The number of benzene rings is 1. The zero-order valence-corrected chi connectivity index (χ0v) is 17.8. The minimum absolute atomic E-state index is 0. The highest BCUT2D eigenvalue weighted by Gasteiger charge is 2.37. The van der Waals surface area contributed by atoms with Crippen LogP contribution in [0.3, 0.4) is 0 Å². The number of hydrogen-bond acceptors (Lipinski definition) is 4. The number of halogens is 2. The number of carbonyl (C=O) groups is 2. The zero-order valence-electron chi connectivity index (χ0n) is 16.1. The summed E-state index contributed by atoms with van der Waals surface area (Å²) in [5.74, 6) is -0.132. The van der Waals surface area contributed by atoms with E-state index >= 15 is 0 Å². The monoisotopic (exact) mass is 439 g/mol. The van der Waals surface area contributed by atoms with Gasteiger partial charge in [0.05, 0.1) is 24.6 Å². The van der Waals surface area contributed by atoms with Gasteiger partial charge in [0, 0.05) is 38.3 Å². The number of piperazine rings is 1. The van der Waals surface area contributed by atoms with Gasteiger partial charge in [-0.1, -0.05) is 30.3 Å². The first-order valence-corrected chi connectivity index (χ1v) is 9.48. The summed E-state index contributed by atoms with van der Waals surface area (Å²) in [6.45, 7) is 2.06. The van der Waals surface area contributed by atoms with Gasteiger partial charge in [-0.25, -0.2) is 4.98 Å². The Kier molecular flexibility index (Phi) is 8.07. The molecule has 2 aliphatic rings. The summed E-state index contributed by atoms with van der Waals surface area (Å²) < 4.78 is 1.99. The van der Waals surface area contributed by atoms with Crippen LogP contribution >= 0.6 is 24.8 Å². The van der Waals surface area contributed by atoms with Crippen molar-refractivity contribution in [3.8, 4) is 0 Å². The Morgan fingerprint density at radius 3 is 2.55 bits per heavy atom. The van der Waals surface area contributed by atoms with Crippen LogP contribution in [0.2, 0.25) is 0 Å². The Hall–Kier alpha value is -2.09. The van der Waals surface area contributed by atoms with E-state index in [1.807, 2.05) is 33.9 Å². The molecule has 2 aromatic rings. The SMILES string of the molecule is Cl.Cl.N[C@@H](Cc1cn(Cc2ccccc2)cn1)C(=O)N1CCN(C2CC2)C(=O)C1. The standard InChI is InChI=1S/C20H25N5O2.2ClH/c21-18(20(27)24-8-9-25(17-6-7-17)19(26)13-24)10-16-12-23(14-22-16)11-15-4-2-1-3-5-15;;/h1-5,12,14,17-18H,6-11,13,21H2;2*1H/t18-;;/m0../s1. The van der Waals surface area contributed by atoms with E-state index in [0.29, 0.717) is 25.6 Å². The second-order valence-corrected chi connectivity index (χ2v) is 7.41. The molecule has 2 heterocycles. The Morgan fingerprint density at radius 1 is 1.17 bits per heavy atom. The van der Waals surface area contributed by atoms with Gasteiger partial charge >= 0.3 is 0 Å². The summed E-state index contributed by atoms with van der Waals surface area (Å²) in [5, 5.41) is 0. The molecule has 1 saturated carbocycles. The lowest BCUT2D eigenvalue weighted by Crippen LogP contribution is -2.56. The molecule has 1 aromatic carbocycles. The fourth-order valence-corrected chi connectivity index (χ4v) is 3.59. The number of rotatable bonds is 6. The van der Waals surface area contributed by atoms with Crippen LogP contribution in [-0.2, 0) is 22.6 Å². The van der Waals surface area contributed by atoms with E-state index in [-0.39, 0.29) is 43.2 Å². The maximum Gasteiger partial charge on any atom is 0.242 e. The van der Waals surface area contributed by atoms with Gasteiger partial charge in [-0.15, -0.1) is 24.8 Å². The fraction of sp³-hybridized carbons (Fsp3) is 0.450. The van der Waals surface area contributed by atoms with Gasteiger partial charge in [0.15, 0.2) is 0 Å². The average molecular weight is 440 g/mol. The summed E-state index contributed by atoms with van der Waals surface area (Å²) in [7, 11) is 0. The van der Waals surface area contributed by atoms with Crippen molar-refractivity contribution in [2.75, 3.05) is 19.6 Å². The van der Waals surface area contributed by atoms with E-state index in [1.165, 1.54) is 5.56 Å². The van der Waals surface area contributed by atoms with Crippen LogP contribution in [0.15, 0.2) is 42.9 Å². The van der Waals surface area contributed by atoms with Gasteiger partial charge in [-0.05, 0) is 18.4 Å². The molecule has 7 nitrogen and oxygen atoms in total. The lowest BCUT2D eigenvalue weighted by molar-refractivity contribution is -0.146. The first-order chi connectivity index (χ1) is 13.1. The summed E-state index contributed by atoms with van der Waals surface area (Å²) in [6, 6.07) is 9.85. The zero-order chi connectivity index (χ0) is 18.8. The third-order valence-electron chi connectivity index (χ3n) is 5.20. The van der Waals surface area contributed by atoms with Crippen molar-refractivity contribution >= 4 is 36.6 Å². The maximum absolute atomic E-state index is 12.6. The van der Waals surface area contributed by atoms with E-state index in [1.54, 1.807) is 11.2 Å². The third kappa shape index (κ3) is 5.72. The molecule has 1 aliphatic carbocycles. The predicted octanol–water partition coefficient (Wildman–Crippen LogP) is 1.48. The number of imidazole rings is 1. The van der Waals surface area contributed by atoms with Crippen LogP contribution in [0.25, 0.3) is 0 Å². The van der Waals surface area contributed by atoms with E-state index in [0.717, 1.165) is 25.1 Å². The summed E-state index contributed by atoms with van der Waals surface area (Å²) in [6.07, 6.45) is 6.24. The van der Waals surface area contributed by atoms with E-state index in [9.17, 15) is 9.59 Å². The Bertz CT molecular complexity index is 825. The molecule has 1 atom stereocenters. The van der Waals surface area contributed by atoms with Gasteiger partial charge in [-0.2, -0.15) is 0 Å². The third-order valence-corrected chi connectivity index (χ3v) is 5.20. The van der Waals surface area contributed by atoms with Crippen molar-refractivity contribution in [3.05, 3.63) is 54.1 Å². The molecule has 2 amide bonds. The first-order valence-electron chi connectivity index (χ1n) is 9.48. The quantitative estimate of drug-likeness (QED) is 0.738. The highest BCUT2D eigenvalue weighted by molar-refractivity contribution is 5.88. The predicted molar refractivity (Wildman–Crippen MR) is 115 cm³/mol. The second kappa shape index (κ2) is 10.1. The molecule has 1 aromatic heterocycles. The average Bonchev–Trinajstić information content (AvgIpc) is 3.42. The Morgan fingerprint density at radius 2 is 1.90 bits per heavy atom. The largest absolute Gasteiger partial charge is 0.336 e. The van der Waals surface area contributed by atoms with E-state index in [4.69, 9.17) is 5.73 Å². The van der Waals surface area contributed by atoms with Crippen LogP contribution in [0.4, 0.5) is 0 Å². The number of nitrogens with zero attached hydrogens (tertiary/aromatic N) is 4. The molecule has 0 radical (unpaired) electrons. The number of carbonyl (C=O) groups excluding carboxylic acids is 2. The molecule has 4 rings (SSSR count). The molecule has 9 heteroatoms. The van der Waals surface area contributed by atoms with Crippen LogP contribution < -0.4 is 5.73 Å². The molecule has 0 bridgehead atoms. The van der Waals surface area contributed by atoms with Gasteiger partial charge in [0.2, 0.25) is 11.8 Å². The fourth-order valence-electron chi connectivity index (χ4n) is 3.59. The Balaban J connectivity index is 0.00000150. The highest BCUT2D eigenvalue weighted by atomic mass is 35.5. The van der Waals surface area contributed by atoms with E-state index in [2.05, 4.69) is 17.1 Å². The van der Waals surface area contributed by atoms with Crippen LogP contribution in [-0.4, -0.2) is 62.9 Å². The Labute approximate surface area is 183 Å². The number of amides is 2. The summed E-state index contributed by atoms with van der Waals surface area (Å²) >= 11 is 0. The minimum Gasteiger partial charge on any atom is -0.336 e. The van der Waals surface area contributed by atoms with Crippen LogP contribution in [0.1, 0.15) is 24.1 Å². The first kappa shape index (κ1) is 23.2. The van der Waals surface area contributed by atoms with Crippen molar-refractivity contribution in [1.82, 2.24) is 19.4 Å². The highest BCUT2D eigenvalue weighted by Crippen LogP contribution is 2.28.